The van der Waals surface area contributed by atoms with Crippen molar-refractivity contribution in [3.8, 4) is 0 Å². The van der Waals surface area contributed by atoms with Crippen LogP contribution >= 0.6 is 0 Å². The van der Waals surface area contributed by atoms with E-state index in [2.05, 4.69) is 41.1 Å². The minimum atomic E-state index is 0.119. The van der Waals surface area contributed by atoms with E-state index in [1.54, 1.807) is 0 Å². The number of rotatable bonds is 8. The van der Waals surface area contributed by atoms with Crippen LogP contribution in [0.15, 0.2) is 30.3 Å². The number of carbonyl (C=O) groups excluding carboxylic acids is 1. The maximum atomic E-state index is 12.9. The summed E-state index contributed by atoms with van der Waals surface area (Å²) in [6.07, 6.45) is 5.29. The predicted molar refractivity (Wildman–Crippen MR) is 102 cm³/mol. The fourth-order valence-electron chi connectivity index (χ4n) is 3.85. The Bertz CT molecular complexity index is 537. The SMILES string of the molecule is CN1CCC(N(CCc2ccccc2)C(=O)COC[C@H]2CCCO2)CC1. The predicted octanol–water partition coefficient (Wildman–Crippen LogP) is 2.35. The van der Waals surface area contributed by atoms with Crippen molar-refractivity contribution in [2.75, 3.05) is 46.5 Å². The average molecular weight is 360 g/mol. The Balaban J connectivity index is 1.53. The van der Waals surface area contributed by atoms with E-state index in [-0.39, 0.29) is 18.6 Å². The molecule has 0 saturated carbocycles. The normalized spacial score (nSPS) is 21.8. The van der Waals surface area contributed by atoms with Crippen LogP contribution < -0.4 is 0 Å². The highest BCUT2D eigenvalue weighted by Gasteiger charge is 2.27. The van der Waals surface area contributed by atoms with Gasteiger partial charge in [0.15, 0.2) is 0 Å². The van der Waals surface area contributed by atoms with E-state index in [1.165, 1.54) is 5.56 Å². The molecular formula is C21H32N2O3. The molecular weight excluding hydrogens is 328 g/mol. The third-order valence-electron chi connectivity index (χ3n) is 5.49. The molecule has 0 unspecified atom stereocenters. The number of nitrogens with zero attached hydrogens (tertiary/aromatic N) is 2. The molecule has 1 aromatic carbocycles. The molecule has 2 saturated heterocycles. The van der Waals surface area contributed by atoms with E-state index < -0.39 is 0 Å². The maximum Gasteiger partial charge on any atom is 0.248 e. The van der Waals surface area contributed by atoms with Crippen LogP contribution in [0.4, 0.5) is 0 Å². The summed E-state index contributed by atoms with van der Waals surface area (Å²) in [7, 11) is 2.15. The lowest BCUT2D eigenvalue weighted by Crippen LogP contribution is -2.48. The second-order valence-electron chi connectivity index (χ2n) is 7.51. The van der Waals surface area contributed by atoms with Crippen molar-refractivity contribution in [3.05, 3.63) is 35.9 Å². The van der Waals surface area contributed by atoms with E-state index in [9.17, 15) is 4.79 Å². The first-order valence-electron chi connectivity index (χ1n) is 9.93. The first-order valence-corrected chi connectivity index (χ1v) is 9.93. The second kappa shape index (κ2) is 10.0. The Morgan fingerprint density at radius 1 is 1.23 bits per heavy atom. The van der Waals surface area contributed by atoms with Crippen molar-refractivity contribution in [2.24, 2.45) is 0 Å². The Morgan fingerprint density at radius 2 is 2.00 bits per heavy atom. The van der Waals surface area contributed by atoms with E-state index in [4.69, 9.17) is 9.47 Å². The Hall–Kier alpha value is -1.43. The highest BCUT2D eigenvalue weighted by molar-refractivity contribution is 5.77. The first kappa shape index (κ1) is 19.3. The van der Waals surface area contributed by atoms with Crippen molar-refractivity contribution < 1.29 is 14.3 Å². The molecule has 1 amide bonds. The smallest absolute Gasteiger partial charge is 0.248 e. The molecule has 5 nitrogen and oxygen atoms in total. The van der Waals surface area contributed by atoms with Crippen LogP contribution in [0.2, 0.25) is 0 Å². The van der Waals surface area contributed by atoms with Gasteiger partial charge in [-0.15, -0.1) is 0 Å². The third-order valence-corrected chi connectivity index (χ3v) is 5.49. The quantitative estimate of drug-likeness (QED) is 0.714. The Kier molecular flexibility index (Phi) is 7.47. The monoisotopic (exact) mass is 360 g/mol. The molecule has 2 fully saturated rings. The zero-order valence-corrected chi connectivity index (χ0v) is 15.9. The van der Waals surface area contributed by atoms with Gasteiger partial charge in [-0.25, -0.2) is 0 Å². The van der Waals surface area contributed by atoms with E-state index >= 15 is 0 Å². The largest absolute Gasteiger partial charge is 0.376 e. The van der Waals surface area contributed by atoms with Gasteiger partial charge in [-0.3, -0.25) is 4.79 Å². The van der Waals surface area contributed by atoms with Crippen LogP contribution in [0.3, 0.4) is 0 Å². The summed E-state index contributed by atoms with van der Waals surface area (Å²) in [5.74, 6) is 0.119. The number of ether oxygens (including phenoxy) is 2. The summed E-state index contributed by atoms with van der Waals surface area (Å²) in [5, 5.41) is 0. The number of benzene rings is 1. The van der Waals surface area contributed by atoms with Gasteiger partial charge in [-0.2, -0.15) is 0 Å². The molecule has 2 heterocycles. The molecule has 2 aliphatic rings. The maximum absolute atomic E-state index is 12.9. The van der Waals surface area contributed by atoms with Crippen LogP contribution in [0, 0.1) is 0 Å². The van der Waals surface area contributed by atoms with Crippen molar-refractivity contribution in [1.82, 2.24) is 9.80 Å². The first-order chi connectivity index (χ1) is 12.7. The summed E-state index contributed by atoms with van der Waals surface area (Å²) >= 11 is 0. The second-order valence-corrected chi connectivity index (χ2v) is 7.51. The molecule has 0 bridgehead atoms. The van der Waals surface area contributed by atoms with Crippen LogP contribution in [0.1, 0.15) is 31.2 Å². The van der Waals surface area contributed by atoms with Crippen molar-refractivity contribution in [3.63, 3.8) is 0 Å². The average Bonchev–Trinajstić information content (AvgIpc) is 3.18. The lowest BCUT2D eigenvalue weighted by atomic mass is 10.0. The van der Waals surface area contributed by atoms with Gasteiger partial charge in [0.1, 0.15) is 6.61 Å². The number of amides is 1. The van der Waals surface area contributed by atoms with Gasteiger partial charge in [0.2, 0.25) is 5.91 Å². The minimum Gasteiger partial charge on any atom is -0.376 e. The Labute approximate surface area is 157 Å². The lowest BCUT2D eigenvalue weighted by molar-refractivity contribution is -0.140. The van der Waals surface area contributed by atoms with E-state index in [0.29, 0.717) is 12.6 Å². The summed E-state index contributed by atoms with van der Waals surface area (Å²) in [6, 6.07) is 10.7. The molecule has 1 aromatic rings. The molecule has 2 aliphatic heterocycles. The molecule has 3 rings (SSSR count). The molecule has 1 atom stereocenters. The minimum absolute atomic E-state index is 0.119. The van der Waals surface area contributed by atoms with Gasteiger partial charge < -0.3 is 19.3 Å². The molecule has 0 spiro atoms. The Morgan fingerprint density at radius 3 is 2.69 bits per heavy atom. The van der Waals surface area contributed by atoms with Gasteiger partial charge in [0.25, 0.3) is 0 Å². The fraction of sp³-hybridized carbons (Fsp3) is 0.667. The molecule has 0 N–H and O–H groups in total. The third kappa shape index (κ3) is 5.79. The van der Waals surface area contributed by atoms with Gasteiger partial charge >= 0.3 is 0 Å². The molecule has 144 valence electrons. The molecule has 0 aromatic heterocycles. The van der Waals surface area contributed by atoms with Gasteiger partial charge in [0.05, 0.1) is 12.7 Å². The van der Waals surface area contributed by atoms with Crippen LogP contribution in [0.5, 0.6) is 0 Å². The van der Waals surface area contributed by atoms with Gasteiger partial charge in [-0.05, 0) is 57.8 Å². The molecule has 0 radical (unpaired) electrons. The fourth-order valence-corrected chi connectivity index (χ4v) is 3.85. The van der Waals surface area contributed by atoms with Crippen LogP contribution in [-0.2, 0) is 20.7 Å². The number of piperidine rings is 1. The highest BCUT2D eigenvalue weighted by atomic mass is 16.5. The molecule has 26 heavy (non-hydrogen) atoms. The standard InChI is InChI=1S/C21H32N2O3/c1-22-12-10-19(11-13-22)23(14-9-18-6-3-2-4-7-18)21(24)17-25-16-20-8-5-15-26-20/h2-4,6-7,19-20H,5,8-17H2,1H3/t20-/m1/s1. The molecule has 5 heteroatoms. The van der Waals surface area contributed by atoms with Crippen molar-refractivity contribution >= 4 is 5.91 Å². The van der Waals surface area contributed by atoms with E-state index in [0.717, 1.165) is 58.3 Å². The topological polar surface area (TPSA) is 42.0 Å². The summed E-state index contributed by atoms with van der Waals surface area (Å²) in [5.41, 5.74) is 1.28. The summed E-state index contributed by atoms with van der Waals surface area (Å²) < 4.78 is 11.3. The lowest BCUT2D eigenvalue weighted by Gasteiger charge is -2.37. The number of carbonyl (C=O) groups is 1. The summed E-state index contributed by atoms with van der Waals surface area (Å²) in [4.78, 5) is 17.3. The van der Waals surface area contributed by atoms with Crippen molar-refractivity contribution in [1.29, 1.82) is 0 Å². The number of hydrogen-bond donors (Lipinski definition) is 0. The highest BCUT2D eigenvalue weighted by Crippen LogP contribution is 2.17. The summed E-state index contributed by atoms with van der Waals surface area (Å²) in [6.45, 7) is 4.39. The zero-order valence-electron chi connectivity index (χ0n) is 15.9. The van der Waals surface area contributed by atoms with Crippen LogP contribution in [0.25, 0.3) is 0 Å². The van der Waals surface area contributed by atoms with Crippen molar-refractivity contribution in [2.45, 2.75) is 44.2 Å². The van der Waals surface area contributed by atoms with E-state index in [1.807, 2.05) is 6.07 Å². The number of hydrogen-bond acceptors (Lipinski definition) is 4. The van der Waals surface area contributed by atoms with Gasteiger partial charge in [-0.1, -0.05) is 30.3 Å². The zero-order chi connectivity index (χ0) is 18.2. The number of likely N-dealkylation sites (tertiary alicyclic amines) is 1. The van der Waals surface area contributed by atoms with Gasteiger partial charge in [0, 0.05) is 19.2 Å². The molecule has 0 aliphatic carbocycles. The van der Waals surface area contributed by atoms with Crippen LogP contribution in [-0.4, -0.2) is 74.4 Å².